The van der Waals surface area contributed by atoms with Crippen molar-refractivity contribution in [2.75, 3.05) is 0 Å². The van der Waals surface area contributed by atoms with Crippen molar-refractivity contribution in [2.45, 2.75) is 5.41 Å². The largest absolute Gasteiger partial charge is 0.456 e. The van der Waals surface area contributed by atoms with Gasteiger partial charge in [0.25, 0.3) is 0 Å². The lowest BCUT2D eigenvalue weighted by atomic mass is 9.67. The van der Waals surface area contributed by atoms with Crippen LogP contribution in [0.1, 0.15) is 22.3 Å². The molecule has 0 fully saturated rings. The van der Waals surface area contributed by atoms with Crippen LogP contribution in [-0.4, -0.2) is 0 Å². The molecule has 1 heteroatoms. The highest BCUT2D eigenvalue weighted by Crippen LogP contribution is 2.57. The van der Waals surface area contributed by atoms with Crippen molar-refractivity contribution in [3.8, 4) is 33.4 Å². The molecule has 0 radical (unpaired) electrons. The molecule has 10 rings (SSSR count). The molecule has 9 aromatic rings. The Kier molecular flexibility index (Phi) is 5.86. The normalized spacial score (nSPS) is 13.2. The molecule has 224 valence electrons. The minimum atomic E-state index is -0.446. The number of benzene rings is 8. The molecule has 0 amide bonds. The zero-order valence-electron chi connectivity index (χ0n) is 26.2. The van der Waals surface area contributed by atoms with Gasteiger partial charge < -0.3 is 4.42 Å². The molecule has 0 aliphatic heterocycles. The van der Waals surface area contributed by atoms with Crippen LogP contribution in [0, 0.1) is 0 Å². The summed E-state index contributed by atoms with van der Waals surface area (Å²) < 4.78 is 6.65. The fourth-order valence-corrected chi connectivity index (χ4v) is 8.21. The lowest BCUT2D eigenvalue weighted by Crippen LogP contribution is -2.28. The first-order valence-corrected chi connectivity index (χ1v) is 16.6. The van der Waals surface area contributed by atoms with Gasteiger partial charge in [-0.2, -0.15) is 0 Å². The fraction of sp³-hybridized carbons (Fsp3) is 0.0213. The van der Waals surface area contributed by atoms with E-state index in [1.54, 1.807) is 0 Å². The number of fused-ring (bicyclic) bond motifs is 7. The van der Waals surface area contributed by atoms with Crippen molar-refractivity contribution in [2.24, 2.45) is 0 Å². The van der Waals surface area contributed by atoms with Gasteiger partial charge in [-0.1, -0.05) is 158 Å². The molecule has 0 unspecified atom stereocenters. The monoisotopic (exact) mass is 610 g/mol. The third kappa shape index (κ3) is 3.85. The van der Waals surface area contributed by atoms with Gasteiger partial charge in [-0.25, -0.2) is 0 Å². The molecule has 1 aliphatic rings. The number of furan rings is 1. The lowest BCUT2D eigenvalue weighted by Gasteiger charge is -2.33. The molecule has 48 heavy (non-hydrogen) atoms. The van der Waals surface area contributed by atoms with Gasteiger partial charge in [-0.3, -0.25) is 0 Å². The number of hydrogen-bond donors (Lipinski definition) is 0. The summed E-state index contributed by atoms with van der Waals surface area (Å²) in [5.41, 5.74) is 13.8. The quantitative estimate of drug-likeness (QED) is 0.193. The summed E-state index contributed by atoms with van der Waals surface area (Å²) in [4.78, 5) is 0. The maximum atomic E-state index is 6.65. The molecule has 0 saturated heterocycles. The van der Waals surface area contributed by atoms with Crippen LogP contribution in [0.2, 0.25) is 0 Å². The first kappa shape index (κ1) is 27.0. The highest BCUT2D eigenvalue weighted by molar-refractivity contribution is 6.09. The number of hydrogen-bond acceptors (Lipinski definition) is 1. The summed E-state index contributed by atoms with van der Waals surface area (Å²) in [7, 11) is 0. The zero-order chi connectivity index (χ0) is 31.7. The van der Waals surface area contributed by atoms with Crippen LogP contribution in [-0.2, 0) is 5.41 Å². The zero-order valence-corrected chi connectivity index (χ0v) is 26.2. The third-order valence-electron chi connectivity index (χ3n) is 10.4. The molecule has 1 nitrogen and oxygen atoms in total. The Morgan fingerprint density at radius 1 is 0.333 bits per heavy atom. The van der Waals surface area contributed by atoms with Gasteiger partial charge in [0.05, 0.1) is 5.41 Å². The molecule has 8 aromatic carbocycles. The molecule has 1 aliphatic carbocycles. The summed E-state index contributed by atoms with van der Waals surface area (Å²) in [5, 5.41) is 4.81. The smallest absolute Gasteiger partial charge is 0.135 e. The Morgan fingerprint density at radius 3 is 1.73 bits per heavy atom. The van der Waals surface area contributed by atoms with Crippen LogP contribution >= 0.6 is 0 Å². The van der Waals surface area contributed by atoms with Gasteiger partial charge in [0.15, 0.2) is 0 Å². The molecule has 0 saturated carbocycles. The first-order chi connectivity index (χ1) is 23.8. The maximum Gasteiger partial charge on any atom is 0.135 e. The van der Waals surface area contributed by atoms with Gasteiger partial charge in [0, 0.05) is 10.8 Å². The van der Waals surface area contributed by atoms with Gasteiger partial charge in [-0.15, -0.1) is 0 Å². The van der Waals surface area contributed by atoms with Crippen molar-refractivity contribution in [3.05, 3.63) is 204 Å². The predicted octanol–water partition coefficient (Wildman–Crippen LogP) is 12.4. The molecular weight excluding hydrogens is 581 g/mol. The maximum absolute atomic E-state index is 6.65. The molecule has 1 heterocycles. The summed E-state index contributed by atoms with van der Waals surface area (Å²) in [6.07, 6.45) is 0. The van der Waals surface area contributed by atoms with E-state index in [0.717, 1.165) is 21.9 Å². The highest BCUT2D eigenvalue weighted by Gasteiger charge is 2.46. The SMILES string of the molecule is c1ccc(C2(c3ccccc3)c3ccccc3-c3cc4c(cc32)oc2ccc(-c3ccc(-c5cccc6ccccc56)cc3)cc24)cc1. The summed E-state index contributed by atoms with van der Waals surface area (Å²) >= 11 is 0. The second-order valence-electron chi connectivity index (χ2n) is 12.8. The van der Waals surface area contributed by atoms with E-state index in [4.69, 9.17) is 4.42 Å². The highest BCUT2D eigenvalue weighted by atomic mass is 16.3. The predicted molar refractivity (Wildman–Crippen MR) is 199 cm³/mol. The molecular formula is C47H30O. The Bertz CT molecular complexity index is 2600. The Morgan fingerprint density at radius 2 is 0.938 bits per heavy atom. The summed E-state index contributed by atoms with van der Waals surface area (Å²) in [6.45, 7) is 0. The summed E-state index contributed by atoms with van der Waals surface area (Å²) in [5.74, 6) is 0. The van der Waals surface area contributed by atoms with E-state index in [1.165, 1.54) is 66.4 Å². The van der Waals surface area contributed by atoms with Crippen LogP contribution < -0.4 is 0 Å². The van der Waals surface area contributed by atoms with Crippen LogP contribution in [0.3, 0.4) is 0 Å². The summed E-state index contributed by atoms with van der Waals surface area (Å²) in [6, 6.07) is 66.1. The van der Waals surface area contributed by atoms with E-state index in [-0.39, 0.29) is 0 Å². The average Bonchev–Trinajstić information content (AvgIpc) is 3.67. The Labute approximate surface area is 279 Å². The second-order valence-corrected chi connectivity index (χ2v) is 12.8. The topological polar surface area (TPSA) is 13.1 Å². The molecule has 1 aromatic heterocycles. The van der Waals surface area contributed by atoms with Crippen molar-refractivity contribution in [1.29, 1.82) is 0 Å². The van der Waals surface area contributed by atoms with Gasteiger partial charge in [0.2, 0.25) is 0 Å². The van der Waals surface area contributed by atoms with E-state index in [1.807, 2.05) is 0 Å². The molecule has 0 N–H and O–H groups in total. The molecule has 0 spiro atoms. The van der Waals surface area contributed by atoms with Crippen molar-refractivity contribution < 1.29 is 4.42 Å². The average molecular weight is 611 g/mol. The minimum absolute atomic E-state index is 0.446. The fourth-order valence-electron chi connectivity index (χ4n) is 8.21. The molecule has 0 bridgehead atoms. The Hall–Kier alpha value is -6.18. The van der Waals surface area contributed by atoms with Gasteiger partial charge in [-0.05, 0) is 90.7 Å². The van der Waals surface area contributed by atoms with E-state index < -0.39 is 5.41 Å². The van der Waals surface area contributed by atoms with E-state index >= 15 is 0 Å². The number of rotatable bonds is 4. The Balaban J connectivity index is 1.14. The third-order valence-corrected chi connectivity index (χ3v) is 10.4. The van der Waals surface area contributed by atoms with Crippen LogP contribution in [0.25, 0.3) is 66.1 Å². The lowest BCUT2D eigenvalue weighted by molar-refractivity contribution is 0.666. The first-order valence-electron chi connectivity index (χ1n) is 16.6. The van der Waals surface area contributed by atoms with E-state index in [9.17, 15) is 0 Å². The van der Waals surface area contributed by atoms with Gasteiger partial charge >= 0.3 is 0 Å². The van der Waals surface area contributed by atoms with Crippen molar-refractivity contribution in [3.63, 3.8) is 0 Å². The van der Waals surface area contributed by atoms with Crippen molar-refractivity contribution >= 4 is 32.7 Å². The van der Waals surface area contributed by atoms with Crippen LogP contribution in [0.5, 0.6) is 0 Å². The minimum Gasteiger partial charge on any atom is -0.456 e. The standard InChI is InChI=1S/C47H30O/c1-3-14-35(15-4-1)47(36-16-5-2-6-17-36)43-21-10-9-19-39(43)40-29-42-41-28-34(26-27-45(41)48-46(42)30-44(40)47)31-22-24-33(25-23-31)38-20-11-13-32-12-7-8-18-37(32)38/h1-30H. The van der Waals surface area contributed by atoms with E-state index in [0.29, 0.717) is 0 Å². The molecule has 0 atom stereocenters. The van der Waals surface area contributed by atoms with Gasteiger partial charge in [0.1, 0.15) is 11.2 Å². The second kappa shape index (κ2) is 10.4. The van der Waals surface area contributed by atoms with E-state index in [2.05, 4.69) is 182 Å². The van der Waals surface area contributed by atoms with Crippen LogP contribution in [0.4, 0.5) is 0 Å². The van der Waals surface area contributed by atoms with Crippen LogP contribution in [0.15, 0.2) is 186 Å². The van der Waals surface area contributed by atoms with Crippen molar-refractivity contribution in [1.82, 2.24) is 0 Å².